The van der Waals surface area contributed by atoms with Crippen molar-refractivity contribution in [2.45, 2.75) is 112 Å². The number of carbonyl (C=O) groups is 1. The lowest BCUT2D eigenvalue weighted by atomic mass is 9.34. The van der Waals surface area contributed by atoms with Gasteiger partial charge < -0.3 is 10.2 Å². The predicted molar refractivity (Wildman–Crippen MR) is 128 cm³/mol. The summed E-state index contributed by atoms with van der Waals surface area (Å²) in [6.07, 6.45) is 12.7. The topological polar surface area (TPSA) is 57.5 Å². The smallest absolute Gasteiger partial charge is 0.310 e. The Hall–Kier alpha value is -0.830. The maximum Gasteiger partial charge on any atom is 0.310 e. The van der Waals surface area contributed by atoms with Crippen LogP contribution in [-0.4, -0.2) is 22.3 Å². The van der Waals surface area contributed by atoms with Crippen molar-refractivity contribution in [3.63, 3.8) is 0 Å². The molecule has 0 amide bonds. The van der Waals surface area contributed by atoms with Crippen LogP contribution in [-0.2, 0) is 4.79 Å². The highest BCUT2D eigenvalue weighted by molar-refractivity contribution is 5.76. The zero-order valence-electron chi connectivity index (χ0n) is 21.3. The van der Waals surface area contributed by atoms with Crippen LogP contribution in [0.1, 0.15) is 106 Å². The summed E-state index contributed by atoms with van der Waals surface area (Å²) in [6, 6.07) is 0. The number of aliphatic hydroxyl groups is 1. The Morgan fingerprint density at radius 3 is 2.34 bits per heavy atom. The molecule has 2 N–H and O–H groups in total. The molecule has 0 heterocycles. The first-order valence-electron chi connectivity index (χ1n) is 13.4. The highest BCUT2D eigenvalue weighted by Gasteiger charge is 2.68. The molecule has 0 aromatic heterocycles. The number of allylic oxidation sites excluding steroid dienone is 2. The van der Waals surface area contributed by atoms with Gasteiger partial charge in [0.25, 0.3) is 0 Å². The summed E-state index contributed by atoms with van der Waals surface area (Å²) in [6.45, 7) is 14.6. The second kappa shape index (κ2) is 6.86. The van der Waals surface area contributed by atoms with Crippen LogP contribution in [0.3, 0.4) is 0 Å². The number of aliphatic hydroxyl groups excluding tert-OH is 1. The van der Waals surface area contributed by atoms with Gasteiger partial charge in [0.05, 0.1) is 11.5 Å². The van der Waals surface area contributed by atoms with Crippen LogP contribution in [0.15, 0.2) is 11.6 Å². The molecule has 32 heavy (non-hydrogen) atoms. The summed E-state index contributed by atoms with van der Waals surface area (Å²) >= 11 is 0. The van der Waals surface area contributed by atoms with Crippen LogP contribution in [0.25, 0.3) is 0 Å². The maximum absolute atomic E-state index is 12.6. The van der Waals surface area contributed by atoms with Crippen molar-refractivity contribution in [3.05, 3.63) is 11.6 Å². The SMILES string of the molecule is CC1CC[C@]2(C(=O)O)CC[C@]3(C)C(=CC[C@@H]4[C@@]5(C)CC[C@H](O)C(C)(C)[C@@H]5CC[C@]43C)[C@@H]2C1. The molecule has 180 valence electrons. The van der Waals surface area contributed by atoms with Crippen molar-refractivity contribution >= 4 is 5.97 Å². The molecule has 3 nitrogen and oxygen atoms in total. The molecule has 1 unspecified atom stereocenters. The van der Waals surface area contributed by atoms with E-state index in [-0.39, 0.29) is 33.7 Å². The van der Waals surface area contributed by atoms with Gasteiger partial charge in [-0.15, -0.1) is 0 Å². The highest BCUT2D eigenvalue weighted by atomic mass is 16.4. The van der Waals surface area contributed by atoms with Crippen LogP contribution in [0, 0.1) is 50.7 Å². The third-order valence-corrected chi connectivity index (χ3v) is 12.8. The fourth-order valence-corrected chi connectivity index (χ4v) is 10.5. The molecule has 0 bridgehead atoms. The quantitative estimate of drug-likeness (QED) is 0.437. The van der Waals surface area contributed by atoms with Crippen molar-refractivity contribution in [2.75, 3.05) is 0 Å². The van der Waals surface area contributed by atoms with E-state index in [4.69, 9.17) is 0 Å². The first-order chi connectivity index (χ1) is 14.8. The minimum atomic E-state index is -0.539. The highest BCUT2D eigenvalue weighted by Crippen LogP contribution is 2.75. The molecule has 0 aliphatic heterocycles. The average Bonchev–Trinajstić information content (AvgIpc) is 2.71. The van der Waals surface area contributed by atoms with E-state index in [1.54, 1.807) is 0 Å². The Morgan fingerprint density at radius 1 is 0.938 bits per heavy atom. The number of carboxylic acid groups (broad SMARTS) is 1. The van der Waals surface area contributed by atoms with Gasteiger partial charge in [-0.1, -0.05) is 53.2 Å². The summed E-state index contributed by atoms with van der Waals surface area (Å²) in [7, 11) is 0. The summed E-state index contributed by atoms with van der Waals surface area (Å²) in [5.41, 5.74) is 1.54. The number of rotatable bonds is 1. The number of fused-ring (bicyclic) bond motifs is 7. The van der Waals surface area contributed by atoms with Gasteiger partial charge in [0.1, 0.15) is 0 Å². The molecule has 5 aliphatic rings. The molecule has 4 fully saturated rings. The Labute approximate surface area is 195 Å². The minimum absolute atomic E-state index is 0.0247. The Bertz CT molecular complexity index is 843. The molecule has 5 aliphatic carbocycles. The van der Waals surface area contributed by atoms with Gasteiger partial charge in [0.2, 0.25) is 0 Å². The Balaban J connectivity index is 1.59. The van der Waals surface area contributed by atoms with Crippen LogP contribution in [0.2, 0.25) is 0 Å². The summed E-state index contributed by atoms with van der Waals surface area (Å²) in [5.74, 6) is 1.48. The number of carboxylic acids is 1. The van der Waals surface area contributed by atoms with E-state index in [0.717, 1.165) is 51.4 Å². The fraction of sp³-hybridized carbons (Fsp3) is 0.897. The van der Waals surface area contributed by atoms with E-state index >= 15 is 0 Å². The molecule has 5 rings (SSSR count). The van der Waals surface area contributed by atoms with E-state index in [1.165, 1.54) is 18.4 Å². The molecule has 9 atom stereocenters. The van der Waals surface area contributed by atoms with Crippen molar-refractivity contribution in [1.82, 2.24) is 0 Å². The monoisotopic (exact) mass is 442 g/mol. The maximum atomic E-state index is 12.6. The lowest BCUT2D eigenvalue weighted by molar-refractivity contribution is -0.204. The van der Waals surface area contributed by atoms with Crippen LogP contribution < -0.4 is 0 Å². The van der Waals surface area contributed by atoms with Crippen LogP contribution >= 0.6 is 0 Å². The van der Waals surface area contributed by atoms with Gasteiger partial charge in [-0.2, -0.15) is 0 Å². The average molecular weight is 443 g/mol. The lowest BCUT2D eigenvalue weighted by Gasteiger charge is -2.71. The Kier molecular flexibility index (Phi) is 4.92. The molecule has 0 aromatic carbocycles. The van der Waals surface area contributed by atoms with E-state index < -0.39 is 11.4 Å². The van der Waals surface area contributed by atoms with Crippen molar-refractivity contribution in [1.29, 1.82) is 0 Å². The van der Waals surface area contributed by atoms with E-state index in [1.807, 2.05) is 0 Å². The van der Waals surface area contributed by atoms with Crippen LogP contribution in [0.5, 0.6) is 0 Å². The van der Waals surface area contributed by atoms with E-state index in [2.05, 4.69) is 47.6 Å². The van der Waals surface area contributed by atoms with E-state index in [9.17, 15) is 15.0 Å². The molecule has 0 aromatic rings. The molecule has 0 saturated heterocycles. The number of hydrogen-bond acceptors (Lipinski definition) is 2. The lowest BCUT2D eigenvalue weighted by Crippen LogP contribution is -2.64. The molecule has 0 radical (unpaired) electrons. The Morgan fingerprint density at radius 2 is 1.66 bits per heavy atom. The summed E-state index contributed by atoms with van der Waals surface area (Å²) < 4.78 is 0. The third kappa shape index (κ3) is 2.61. The minimum Gasteiger partial charge on any atom is -0.481 e. The second-order valence-corrected chi connectivity index (χ2v) is 14.1. The molecular weight excluding hydrogens is 396 g/mol. The first kappa shape index (κ1) is 22.9. The van der Waals surface area contributed by atoms with E-state index in [0.29, 0.717) is 17.8 Å². The van der Waals surface area contributed by atoms with Gasteiger partial charge in [0, 0.05) is 0 Å². The number of aliphatic carboxylic acids is 1. The fourth-order valence-electron chi connectivity index (χ4n) is 10.5. The molecule has 4 saturated carbocycles. The van der Waals surface area contributed by atoms with Gasteiger partial charge >= 0.3 is 5.97 Å². The molecule has 3 heteroatoms. The normalized spacial score (nSPS) is 54.3. The molecular formula is C29H46O3. The largest absolute Gasteiger partial charge is 0.481 e. The van der Waals surface area contributed by atoms with Gasteiger partial charge in [-0.05, 0) is 110 Å². The first-order valence-corrected chi connectivity index (χ1v) is 13.4. The van der Waals surface area contributed by atoms with Gasteiger partial charge in [0.15, 0.2) is 0 Å². The van der Waals surface area contributed by atoms with Gasteiger partial charge in [-0.25, -0.2) is 0 Å². The summed E-state index contributed by atoms with van der Waals surface area (Å²) in [5, 5.41) is 21.3. The van der Waals surface area contributed by atoms with Crippen molar-refractivity contribution < 1.29 is 15.0 Å². The summed E-state index contributed by atoms with van der Waals surface area (Å²) in [4.78, 5) is 12.6. The zero-order chi connectivity index (χ0) is 23.3. The van der Waals surface area contributed by atoms with Crippen LogP contribution in [0.4, 0.5) is 0 Å². The van der Waals surface area contributed by atoms with Gasteiger partial charge in [-0.3, -0.25) is 4.79 Å². The zero-order valence-corrected chi connectivity index (χ0v) is 21.3. The number of hydrogen-bond donors (Lipinski definition) is 2. The standard InChI is InChI=1S/C29H46O3/c1-18-9-14-29(24(31)32)16-15-27(5)19(20(29)17-18)7-8-22-26(4)12-11-23(30)25(2,3)21(26)10-13-28(22,27)6/h7,18,20-23,30H,8-17H2,1-6H3,(H,31,32)/t18?,20-,21-,22+,23-,26-,27+,28+,29-/m0/s1. The second-order valence-electron chi connectivity index (χ2n) is 14.1. The van der Waals surface area contributed by atoms with Crippen molar-refractivity contribution in [3.8, 4) is 0 Å². The predicted octanol–water partition coefficient (Wildman–Crippen LogP) is 6.84. The van der Waals surface area contributed by atoms with Crippen molar-refractivity contribution in [2.24, 2.45) is 50.7 Å². The molecule has 0 spiro atoms. The third-order valence-electron chi connectivity index (χ3n) is 12.8.